The molecule has 6 heteroatoms. The third-order valence-corrected chi connectivity index (χ3v) is 1.96. The first-order valence-electron chi connectivity index (χ1n) is 4.32. The van der Waals surface area contributed by atoms with Crippen molar-refractivity contribution in [3.8, 4) is 0 Å². The minimum absolute atomic E-state index is 0.0216. The lowest BCUT2D eigenvalue weighted by Gasteiger charge is -2.09. The van der Waals surface area contributed by atoms with Crippen LogP contribution in [-0.2, 0) is 6.54 Å². The molecule has 1 heterocycles. The Hall–Kier alpha value is -1.56. The minimum Gasteiger partial charge on any atom is -0.391 e. The van der Waals surface area contributed by atoms with Crippen LogP contribution >= 0.6 is 0 Å². The summed E-state index contributed by atoms with van der Waals surface area (Å²) >= 11 is 0. The number of hydrogen-bond acceptors (Lipinski definition) is 4. The number of aliphatic hydroxyl groups excluding tert-OH is 1. The first-order chi connectivity index (χ1) is 6.56. The van der Waals surface area contributed by atoms with Gasteiger partial charge in [-0.3, -0.25) is 9.36 Å². The van der Waals surface area contributed by atoms with Gasteiger partial charge in [0.2, 0.25) is 0 Å². The standard InChI is InChI=1S/C8H13N3O3/c1-2-6(12)5-10-7(13)3-4-11(9)8(10)14/h3-4,6,12H,2,5,9H2,1H3. The van der Waals surface area contributed by atoms with Gasteiger partial charge in [0.1, 0.15) is 0 Å². The van der Waals surface area contributed by atoms with Crippen molar-refractivity contribution in [1.29, 1.82) is 0 Å². The van der Waals surface area contributed by atoms with Crippen LogP contribution in [0.3, 0.4) is 0 Å². The highest BCUT2D eigenvalue weighted by Gasteiger charge is 2.07. The van der Waals surface area contributed by atoms with Crippen LogP contribution in [0.1, 0.15) is 13.3 Å². The fourth-order valence-electron chi connectivity index (χ4n) is 1.04. The van der Waals surface area contributed by atoms with E-state index in [0.29, 0.717) is 6.42 Å². The van der Waals surface area contributed by atoms with Crippen molar-refractivity contribution in [2.24, 2.45) is 0 Å². The van der Waals surface area contributed by atoms with E-state index in [-0.39, 0.29) is 6.54 Å². The maximum absolute atomic E-state index is 11.3. The van der Waals surface area contributed by atoms with E-state index >= 15 is 0 Å². The van der Waals surface area contributed by atoms with Crippen molar-refractivity contribution < 1.29 is 5.11 Å². The molecule has 0 saturated heterocycles. The van der Waals surface area contributed by atoms with Gasteiger partial charge < -0.3 is 10.9 Å². The molecule has 0 aliphatic heterocycles. The van der Waals surface area contributed by atoms with E-state index in [1.807, 2.05) is 0 Å². The fourth-order valence-corrected chi connectivity index (χ4v) is 1.04. The van der Waals surface area contributed by atoms with Gasteiger partial charge in [-0.1, -0.05) is 6.92 Å². The van der Waals surface area contributed by atoms with Gasteiger partial charge in [0.15, 0.2) is 0 Å². The average molecular weight is 199 g/mol. The molecule has 0 aliphatic rings. The number of nitrogen functional groups attached to an aromatic ring is 1. The maximum Gasteiger partial charge on any atom is 0.349 e. The number of nitrogens with zero attached hydrogens (tertiary/aromatic N) is 2. The van der Waals surface area contributed by atoms with Crippen LogP contribution in [-0.4, -0.2) is 20.5 Å². The zero-order chi connectivity index (χ0) is 10.7. The van der Waals surface area contributed by atoms with Gasteiger partial charge in [-0.15, -0.1) is 0 Å². The topological polar surface area (TPSA) is 90.2 Å². The molecule has 0 saturated carbocycles. The van der Waals surface area contributed by atoms with Crippen LogP contribution in [0.4, 0.5) is 0 Å². The Morgan fingerprint density at radius 3 is 2.79 bits per heavy atom. The number of aliphatic hydroxyl groups is 1. The van der Waals surface area contributed by atoms with E-state index in [4.69, 9.17) is 5.84 Å². The molecule has 1 unspecified atom stereocenters. The van der Waals surface area contributed by atoms with Crippen molar-refractivity contribution in [2.75, 3.05) is 5.84 Å². The van der Waals surface area contributed by atoms with Crippen molar-refractivity contribution in [3.63, 3.8) is 0 Å². The highest BCUT2D eigenvalue weighted by Crippen LogP contribution is 1.90. The Bertz CT molecular complexity index is 421. The molecule has 6 nitrogen and oxygen atoms in total. The van der Waals surface area contributed by atoms with Crippen molar-refractivity contribution in [2.45, 2.75) is 26.0 Å². The molecule has 0 spiro atoms. The third kappa shape index (κ3) is 2.02. The summed E-state index contributed by atoms with van der Waals surface area (Å²) in [6, 6.07) is 1.18. The van der Waals surface area contributed by atoms with Crippen LogP contribution in [0.2, 0.25) is 0 Å². The van der Waals surface area contributed by atoms with Crippen LogP contribution in [0.15, 0.2) is 21.9 Å². The highest BCUT2D eigenvalue weighted by atomic mass is 16.3. The van der Waals surface area contributed by atoms with E-state index in [2.05, 4.69) is 0 Å². The third-order valence-electron chi connectivity index (χ3n) is 1.96. The number of aromatic nitrogens is 2. The van der Waals surface area contributed by atoms with Gasteiger partial charge in [0.25, 0.3) is 5.56 Å². The summed E-state index contributed by atoms with van der Waals surface area (Å²) in [5.74, 6) is 5.27. The molecule has 0 aliphatic carbocycles. The van der Waals surface area contributed by atoms with E-state index < -0.39 is 17.4 Å². The molecule has 3 N–H and O–H groups in total. The predicted molar refractivity (Wildman–Crippen MR) is 51.4 cm³/mol. The molecular weight excluding hydrogens is 186 g/mol. The molecule has 0 amide bonds. The van der Waals surface area contributed by atoms with Crippen LogP contribution in [0, 0.1) is 0 Å². The molecule has 1 aromatic rings. The quantitative estimate of drug-likeness (QED) is 0.579. The Kier molecular flexibility index (Phi) is 3.08. The maximum atomic E-state index is 11.3. The second-order valence-electron chi connectivity index (χ2n) is 3.02. The molecule has 0 aromatic carbocycles. The van der Waals surface area contributed by atoms with Crippen LogP contribution in [0.5, 0.6) is 0 Å². The van der Waals surface area contributed by atoms with Gasteiger partial charge in [0.05, 0.1) is 12.6 Å². The fraction of sp³-hybridized carbons (Fsp3) is 0.500. The SMILES string of the molecule is CCC(O)Cn1c(=O)ccn(N)c1=O. The van der Waals surface area contributed by atoms with Crippen LogP contribution < -0.4 is 17.1 Å². The summed E-state index contributed by atoms with van der Waals surface area (Å²) in [5.41, 5.74) is -1.07. The molecule has 1 atom stereocenters. The molecule has 0 radical (unpaired) electrons. The van der Waals surface area contributed by atoms with Gasteiger partial charge in [-0.2, -0.15) is 0 Å². The first kappa shape index (κ1) is 10.5. The second-order valence-corrected chi connectivity index (χ2v) is 3.02. The minimum atomic E-state index is -0.706. The summed E-state index contributed by atoms with van der Waals surface area (Å²) in [6.45, 7) is 1.74. The molecule has 1 rings (SSSR count). The Morgan fingerprint density at radius 1 is 1.57 bits per heavy atom. The smallest absolute Gasteiger partial charge is 0.349 e. The van der Waals surface area contributed by atoms with Crippen molar-refractivity contribution in [1.82, 2.24) is 9.24 Å². The summed E-state index contributed by atoms with van der Waals surface area (Å²) < 4.78 is 1.72. The summed E-state index contributed by atoms with van der Waals surface area (Å²) in [7, 11) is 0. The van der Waals surface area contributed by atoms with E-state index in [0.717, 1.165) is 9.24 Å². The lowest BCUT2D eigenvalue weighted by molar-refractivity contribution is 0.146. The molecule has 0 fully saturated rings. The molecule has 0 bridgehead atoms. The highest BCUT2D eigenvalue weighted by molar-refractivity contribution is 4.86. The Labute approximate surface area is 80.2 Å². The van der Waals surface area contributed by atoms with Crippen LogP contribution in [0.25, 0.3) is 0 Å². The molecule has 14 heavy (non-hydrogen) atoms. The monoisotopic (exact) mass is 199 g/mol. The summed E-state index contributed by atoms with van der Waals surface area (Å²) in [6.07, 6.45) is 0.966. The lowest BCUT2D eigenvalue weighted by Crippen LogP contribution is -2.43. The average Bonchev–Trinajstić information content (AvgIpc) is 2.18. The lowest BCUT2D eigenvalue weighted by atomic mass is 10.3. The zero-order valence-electron chi connectivity index (χ0n) is 7.88. The number of hydrogen-bond donors (Lipinski definition) is 2. The molecule has 78 valence electrons. The summed E-state index contributed by atoms with van der Waals surface area (Å²) in [4.78, 5) is 22.6. The number of nitrogens with two attached hydrogens (primary N) is 1. The van der Waals surface area contributed by atoms with E-state index in [1.54, 1.807) is 6.92 Å². The predicted octanol–water partition coefficient (Wildman–Crippen LogP) is -1.51. The largest absolute Gasteiger partial charge is 0.391 e. The van der Waals surface area contributed by atoms with Gasteiger partial charge in [-0.25, -0.2) is 9.47 Å². The first-order valence-corrected chi connectivity index (χ1v) is 4.32. The molecule has 1 aromatic heterocycles. The van der Waals surface area contributed by atoms with Crippen molar-refractivity contribution in [3.05, 3.63) is 33.1 Å². The Morgan fingerprint density at radius 2 is 2.21 bits per heavy atom. The summed E-state index contributed by atoms with van der Waals surface area (Å²) in [5, 5.41) is 9.30. The van der Waals surface area contributed by atoms with Gasteiger partial charge in [-0.05, 0) is 6.42 Å². The number of rotatable bonds is 3. The van der Waals surface area contributed by atoms with Gasteiger partial charge in [0, 0.05) is 12.3 Å². The zero-order valence-corrected chi connectivity index (χ0v) is 7.88. The molecular formula is C8H13N3O3. The normalized spacial score (nSPS) is 12.7. The second kappa shape index (κ2) is 4.10. The van der Waals surface area contributed by atoms with Gasteiger partial charge >= 0.3 is 5.69 Å². The van der Waals surface area contributed by atoms with E-state index in [9.17, 15) is 14.7 Å². The Balaban J connectivity index is 3.14. The van der Waals surface area contributed by atoms with E-state index in [1.165, 1.54) is 12.3 Å². The van der Waals surface area contributed by atoms with Crippen molar-refractivity contribution >= 4 is 0 Å².